The van der Waals surface area contributed by atoms with Gasteiger partial charge < -0.3 is 10.4 Å². The Labute approximate surface area is 105 Å². The predicted octanol–water partition coefficient (Wildman–Crippen LogP) is 2.40. The molecule has 0 fully saturated rings. The molecule has 0 aliphatic carbocycles. The van der Waals surface area contributed by atoms with E-state index in [0.717, 1.165) is 19.4 Å². The summed E-state index contributed by atoms with van der Waals surface area (Å²) in [6, 6.07) is 9.00. The van der Waals surface area contributed by atoms with Gasteiger partial charge in [-0.1, -0.05) is 45.0 Å². The molecule has 2 N–H and O–H groups in total. The van der Waals surface area contributed by atoms with Gasteiger partial charge in [0.2, 0.25) is 0 Å². The molecule has 1 aromatic rings. The first-order chi connectivity index (χ1) is 8.17. The minimum Gasteiger partial charge on any atom is -0.395 e. The number of hydrogen-bond acceptors (Lipinski definition) is 2. The van der Waals surface area contributed by atoms with Gasteiger partial charge >= 0.3 is 0 Å². The maximum atomic E-state index is 9.20. The fourth-order valence-corrected chi connectivity index (χ4v) is 1.85. The molecular weight excluding hydrogens is 210 g/mol. The number of rotatable bonds is 7. The van der Waals surface area contributed by atoms with Crippen molar-refractivity contribution in [3.8, 4) is 0 Å². The maximum Gasteiger partial charge on any atom is 0.0587 e. The lowest BCUT2D eigenvalue weighted by atomic mass is 10.0. The van der Waals surface area contributed by atoms with Gasteiger partial charge in [0.1, 0.15) is 0 Å². The van der Waals surface area contributed by atoms with Crippen molar-refractivity contribution in [3.63, 3.8) is 0 Å². The van der Waals surface area contributed by atoms with Crippen LogP contribution >= 0.6 is 0 Å². The molecule has 17 heavy (non-hydrogen) atoms. The lowest BCUT2D eigenvalue weighted by Gasteiger charge is -2.19. The van der Waals surface area contributed by atoms with Crippen molar-refractivity contribution in [3.05, 3.63) is 35.4 Å². The van der Waals surface area contributed by atoms with E-state index < -0.39 is 0 Å². The van der Waals surface area contributed by atoms with Crippen molar-refractivity contribution in [2.24, 2.45) is 5.92 Å². The molecule has 0 radical (unpaired) electrons. The summed E-state index contributed by atoms with van der Waals surface area (Å²) in [6.07, 6.45) is 2.12. The Morgan fingerprint density at radius 3 is 2.18 bits per heavy atom. The van der Waals surface area contributed by atoms with Gasteiger partial charge in [0.15, 0.2) is 0 Å². The van der Waals surface area contributed by atoms with E-state index in [4.69, 9.17) is 0 Å². The summed E-state index contributed by atoms with van der Waals surface area (Å²) in [5.41, 5.74) is 2.74. The largest absolute Gasteiger partial charge is 0.395 e. The van der Waals surface area contributed by atoms with E-state index in [1.165, 1.54) is 11.1 Å². The molecule has 0 aliphatic rings. The molecule has 0 bridgehead atoms. The summed E-state index contributed by atoms with van der Waals surface area (Å²) in [5.74, 6) is 0.475. The average Bonchev–Trinajstić information content (AvgIpc) is 2.35. The summed E-state index contributed by atoms with van der Waals surface area (Å²) in [6.45, 7) is 7.57. The molecule has 0 spiro atoms. The molecule has 0 aromatic heterocycles. The molecular formula is C15H25NO. The summed E-state index contributed by atoms with van der Waals surface area (Å²) in [5, 5.41) is 12.6. The van der Waals surface area contributed by atoms with Gasteiger partial charge in [0.25, 0.3) is 0 Å². The minimum atomic E-state index is 0.213. The van der Waals surface area contributed by atoms with Crippen LogP contribution in [-0.4, -0.2) is 24.3 Å². The summed E-state index contributed by atoms with van der Waals surface area (Å²) in [4.78, 5) is 0. The molecule has 1 aromatic carbocycles. The van der Waals surface area contributed by atoms with Crippen LogP contribution in [0.3, 0.4) is 0 Å². The highest BCUT2D eigenvalue weighted by atomic mass is 16.3. The molecule has 0 heterocycles. The van der Waals surface area contributed by atoms with Gasteiger partial charge in [-0.2, -0.15) is 0 Å². The Morgan fingerprint density at radius 2 is 1.71 bits per heavy atom. The average molecular weight is 235 g/mol. The third kappa shape index (κ3) is 4.88. The maximum absolute atomic E-state index is 9.20. The smallest absolute Gasteiger partial charge is 0.0587 e. The summed E-state index contributed by atoms with van der Waals surface area (Å²) < 4.78 is 0. The van der Waals surface area contributed by atoms with Crippen LogP contribution < -0.4 is 5.32 Å². The van der Waals surface area contributed by atoms with Crippen LogP contribution in [-0.2, 0) is 12.8 Å². The number of nitrogens with one attached hydrogen (secondary N) is 1. The van der Waals surface area contributed by atoms with Crippen LogP contribution in [0.4, 0.5) is 0 Å². The van der Waals surface area contributed by atoms with E-state index in [2.05, 4.69) is 50.4 Å². The molecule has 1 atom stereocenters. The van der Waals surface area contributed by atoms with Crippen LogP contribution in [0.25, 0.3) is 0 Å². The lowest BCUT2D eigenvalue weighted by Crippen LogP contribution is -2.38. The monoisotopic (exact) mass is 235 g/mol. The van der Waals surface area contributed by atoms with E-state index in [0.29, 0.717) is 5.92 Å². The van der Waals surface area contributed by atoms with Crippen molar-refractivity contribution >= 4 is 0 Å². The Morgan fingerprint density at radius 1 is 1.12 bits per heavy atom. The molecule has 2 nitrogen and oxygen atoms in total. The Bertz CT molecular complexity index is 305. The van der Waals surface area contributed by atoms with Crippen molar-refractivity contribution < 1.29 is 5.11 Å². The normalized spacial score (nSPS) is 13.0. The van der Waals surface area contributed by atoms with Gasteiger partial charge in [-0.15, -0.1) is 0 Å². The molecule has 2 heteroatoms. The van der Waals surface area contributed by atoms with Crippen molar-refractivity contribution in [1.29, 1.82) is 0 Å². The molecule has 0 aliphatic heterocycles. The standard InChI is InChI=1S/C15H25NO/c1-4-13-5-7-14(8-6-13)9-10-16-15(11-17)12(2)3/h5-8,12,15-17H,4,9-11H2,1-3H3. The molecule has 0 amide bonds. The second-order valence-electron chi connectivity index (χ2n) is 4.91. The fraction of sp³-hybridized carbons (Fsp3) is 0.600. The number of aliphatic hydroxyl groups excluding tert-OH is 1. The van der Waals surface area contributed by atoms with Crippen molar-refractivity contribution in [2.45, 2.75) is 39.7 Å². The van der Waals surface area contributed by atoms with Crippen LogP contribution in [0.1, 0.15) is 31.9 Å². The fourth-order valence-electron chi connectivity index (χ4n) is 1.85. The zero-order valence-corrected chi connectivity index (χ0v) is 11.2. The lowest BCUT2D eigenvalue weighted by molar-refractivity contribution is 0.212. The third-order valence-corrected chi connectivity index (χ3v) is 3.25. The molecule has 0 saturated heterocycles. The van der Waals surface area contributed by atoms with E-state index in [1.54, 1.807) is 0 Å². The quantitative estimate of drug-likeness (QED) is 0.760. The second-order valence-corrected chi connectivity index (χ2v) is 4.91. The second kappa shape index (κ2) is 7.46. The van der Waals surface area contributed by atoms with Crippen molar-refractivity contribution in [2.75, 3.05) is 13.2 Å². The highest BCUT2D eigenvalue weighted by Gasteiger charge is 2.10. The number of benzene rings is 1. The summed E-state index contributed by atoms with van der Waals surface area (Å²) in [7, 11) is 0. The van der Waals surface area contributed by atoms with E-state index in [-0.39, 0.29) is 12.6 Å². The number of aliphatic hydroxyl groups is 1. The Hall–Kier alpha value is -0.860. The first-order valence-corrected chi connectivity index (χ1v) is 6.59. The Balaban J connectivity index is 2.34. The zero-order valence-electron chi connectivity index (χ0n) is 11.2. The molecule has 96 valence electrons. The van der Waals surface area contributed by atoms with Gasteiger partial charge in [0.05, 0.1) is 6.61 Å². The first-order valence-electron chi connectivity index (χ1n) is 6.59. The van der Waals surface area contributed by atoms with Crippen LogP contribution in [0.5, 0.6) is 0 Å². The molecule has 1 rings (SSSR count). The molecule has 1 unspecified atom stereocenters. The Kier molecular flexibility index (Phi) is 6.23. The number of aryl methyl sites for hydroxylation is 1. The van der Waals surface area contributed by atoms with Crippen LogP contribution in [0.15, 0.2) is 24.3 Å². The SMILES string of the molecule is CCc1ccc(CCNC(CO)C(C)C)cc1. The topological polar surface area (TPSA) is 32.3 Å². The van der Waals surface area contributed by atoms with Gasteiger partial charge in [-0.25, -0.2) is 0 Å². The van der Waals surface area contributed by atoms with E-state index in [1.807, 2.05) is 0 Å². The van der Waals surface area contributed by atoms with Gasteiger partial charge in [-0.05, 0) is 36.4 Å². The van der Waals surface area contributed by atoms with E-state index >= 15 is 0 Å². The highest BCUT2D eigenvalue weighted by Crippen LogP contribution is 2.06. The van der Waals surface area contributed by atoms with Gasteiger partial charge in [-0.3, -0.25) is 0 Å². The number of hydrogen-bond donors (Lipinski definition) is 2. The first kappa shape index (κ1) is 14.2. The molecule has 0 saturated carbocycles. The third-order valence-electron chi connectivity index (χ3n) is 3.25. The van der Waals surface area contributed by atoms with Gasteiger partial charge in [0, 0.05) is 6.04 Å². The summed E-state index contributed by atoms with van der Waals surface area (Å²) >= 11 is 0. The predicted molar refractivity (Wildman–Crippen MR) is 73.2 cm³/mol. The van der Waals surface area contributed by atoms with E-state index in [9.17, 15) is 5.11 Å². The zero-order chi connectivity index (χ0) is 12.7. The van der Waals surface area contributed by atoms with Crippen LogP contribution in [0.2, 0.25) is 0 Å². The highest BCUT2D eigenvalue weighted by molar-refractivity contribution is 5.22. The van der Waals surface area contributed by atoms with Crippen LogP contribution in [0, 0.1) is 5.92 Å². The minimum absolute atomic E-state index is 0.213. The van der Waals surface area contributed by atoms with Crippen molar-refractivity contribution in [1.82, 2.24) is 5.32 Å².